The molecule has 0 aliphatic carbocycles. The van der Waals surface area contributed by atoms with Gasteiger partial charge in [-0.1, -0.05) is 20.8 Å². The molecule has 1 saturated heterocycles. The van der Waals surface area contributed by atoms with Crippen LogP contribution in [-0.4, -0.2) is 42.1 Å². The van der Waals surface area contributed by atoms with Gasteiger partial charge in [-0.3, -0.25) is 4.90 Å². The third kappa shape index (κ3) is 4.27. The number of nitrogens with two attached hydrogens (primary N) is 1. The van der Waals surface area contributed by atoms with Crippen molar-refractivity contribution < 1.29 is 0 Å². The van der Waals surface area contributed by atoms with E-state index in [9.17, 15) is 0 Å². The fraction of sp³-hybridized carbons (Fsp3) is 1.00. The summed E-state index contributed by atoms with van der Waals surface area (Å²) in [7, 11) is 0. The van der Waals surface area contributed by atoms with E-state index in [1.807, 2.05) is 11.8 Å². The minimum absolute atomic E-state index is 0.619. The van der Waals surface area contributed by atoms with E-state index in [-0.39, 0.29) is 0 Å². The molecule has 0 radical (unpaired) electrons. The molecule has 2 N–H and O–H groups in total. The van der Waals surface area contributed by atoms with Crippen molar-refractivity contribution in [3.8, 4) is 0 Å². The summed E-state index contributed by atoms with van der Waals surface area (Å²) in [4.78, 5) is 2.63. The van der Waals surface area contributed by atoms with Gasteiger partial charge in [-0.25, -0.2) is 0 Å². The molecular weight excluding hydrogens is 216 g/mol. The van der Waals surface area contributed by atoms with Crippen LogP contribution in [0.4, 0.5) is 0 Å². The molecule has 3 heteroatoms. The maximum atomic E-state index is 5.92. The van der Waals surface area contributed by atoms with E-state index in [1.165, 1.54) is 37.4 Å². The van der Waals surface area contributed by atoms with Gasteiger partial charge in [0.15, 0.2) is 0 Å². The first-order valence-electron chi connectivity index (χ1n) is 6.70. The Bertz CT molecular complexity index is 187. The van der Waals surface area contributed by atoms with Gasteiger partial charge < -0.3 is 5.73 Å². The summed E-state index contributed by atoms with van der Waals surface area (Å²) in [6.07, 6.45) is 2.61. The van der Waals surface area contributed by atoms with E-state index in [2.05, 4.69) is 25.7 Å². The normalized spacial score (nSPS) is 29.2. The SMILES string of the molecule is CCSCCC(CN)N1CCC(C)C(C)C1. The Hall–Kier alpha value is 0.270. The van der Waals surface area contributed by atoms with Crippen LogP contribution in [-0.2, 0) is 0 Å². The van der Waals surface area contributed by atoms with Crippen LogP contribution in [0.5, 0.6) is 0 Å². The molecule has 1 aliphatic rings. The molecule has 0 aromatic heterocycles. The lowest BCUT2D eigenvalue weighted by atomic mass is 9.88. The first-order valence-corrected chi connectivity index (χ1v) is 7.86. The Morgan fingerprint density at radius 2 is 2.12 bits per heavy atom. The number of hydrogen-bond acceptors (Lipinski definition) is 3. The van der Waals surface area contributed by atoms with Crippen LogP contribution < -0.4 is 5.73 Å². The number of piperidine rings is 1. The van der Waals surface area contributed by atoms with Gasteiger partial charge in [-0.05, 0) is 42.7 Å². The first kappa shape index (κ1) is 14.3. The number of thioether (sulfide) groups is 1. The zero-order valence-corrected chi connectivity index (χ0v) is 11.9. The van der Waals surface area contributed by atoms with Crippen molar-refractivity contribution in [2.24, 2.45) is 17.6 Å². The highest BCUT2D eigenvalue weighted by Crippen LogP contribution is 2.24. The average Bonchev–Trinajstić information content (AvgIpc) is 2.29. The third-order valence-corrected chi connectivity index (χ3v) is 4.89. The molecular formula is C13H28N2S. The lowest BCUT2D eigenvalue weighted by Crippen LogP contribution is -2.48. The van der Waals surface area contributed by atoms with Crippen molar-refractivity contribution in [2.45, 2.75) is 39.7 Å². The van der Waals surface area contributed by atoms with Crippen molar-refractivity contribution >= 4 is 11.8 Å². The first-order chi connectivity index (χ1) is 7.69. The minimum atomic E-state index is 0.619. The van der Waals surface area contributed by atoms with Gasteiger partial charge in [0, 0.05) is 19.1 Å². The Kier molecular flexibility index (Phi) is 6.78. The molecule has 3 unspecified atom stereocenters. The maximum Gasteiger partial charge on any atom is 0.0226 e. The average molecular weight is 244 g/mol. The van der Waals surface area contributed by atoms with Gasteiger partial charge in [0.2, 0.25) is 0 Å². The van der Waals surface area contributed by atoms with E-state index in [1.54, 1.807) is 0 Å². The smallest absolute Gasteiger partial charge is 0.0226 e. The highest BCUT2D eigenvalue weighted by atomic mass is 32.2. The molecule has 16 heavy (non-hydrogen) atoms. The molecule has 0 aromatic rings. The largest absolute Gasteiger partial charge is 0.329 e. The number of hydrogen-bond donors (Lipinski definition) is 1. The second kappa shape index (κ2) is 7.57. The van der Waals surface area contributed by atoms with Crippen LogP contribution in [0.3, 0.4) is 0 Å². The van der Waals surface area contributed by atoms with Gasteiger partial charge >= 0.3 is 0 Å². The predicted octanol–water partition coefficient (Wildman–Crippen LogP) is 2.43. The molecule has 1 heterocycles. The topological polar surface area (TPSA) is 29.3 Å². The van der Waals surface area contributed by atoms with E-state index in [0.29, 0.717) is 6.04 Å². The molecule has 0 amide bonds. The Balaban J connectivity index is 2.34. The molecule has 1 rings (SSSR count). The predicted molar refractivity (Wildman–Crippen MR) is 75.0 cm³/mol. The van der Waals surface area contributed by atoms with Crippen molar-refractivity contribution in [3.05, 3.63) is 0 Å². The lowest BCUT2D eigenvalue weighted by molar-refractivity contribution is 0.0969. The summed E-state index contributed by atoms with van der Waals surface area (Å²) in [6.45, 7) is 10.3. The monoisotopic (exact) mass is 244 g/mol. The quantitative estimate of drug-likeness (QED) is 0.728. The molecule has 1 aliphatic heterocycles. The summed E-state index contributed by atoms with van der Waals surface area (Å²) in [5.41, 5.74) is 5.92. The zero-order valence-electron chi connectivity index (χ0n) is 11.1. The Morgan fingerprint density at radius 3 is 2.69 bits per heavy atom. The summed E-state index contributed by atoms with van der Waals surface area (Å²) in [6, 6.07) is 0.619. The molecule has 2 nitrogen and oxygen atoms in total. The third-order valence-electron chi connectivity index (χ3n) is 3.95. The summed E-state index contributed by atoms with van der Waals surface area (Å²) < 4.78 is 0. The Morgan fingerprint density at radius 1 is 1.38 bits per heavy atom. The fourth-order valence-corrected chi connectivity index (χ4v) is 3.17. The van der Waals surface area contributed by atoms with Crippen LogP contribution in [0.2, 0.25) is 0 Å². The van der Waals surface area contributed by atoms with E-state index in [0.717, 1.165) is 18.4 Å². The molecule has 0 spiro atoms. The molecule has 3 atom stereocenters. The van der Waals surface area contributed by atoms with Crippen LogP contribution >= 0.6 is 11.8 Å². The van der Waals surface area contributed by atoms with Gasteiger partial charge in [0.05, 0.1) is 0 Å². The van der Waals surface area contributed by atoms with Crippen molar-refractivity contribution in [1.29, 1.82) is 0 Å². The summed E-state index contributed by atoms with van der Waals surface area (Å²) in [5, 5.41) is 0. The van der Waals surface area contributed by atoms with Crippen LogP contribution in [0.15, 0.2) is 0 Å². The Labute approximate surface area is 105 Å². The fourth-order valence-electron chi connectivity index (χ4n) is 2.44. The lowest BCUT2D eigenvalue weighted by Gasteiger charge is -2.39. The number of likely N-dealkylation sites (tertiary alicyclic amines) is 1. The van der Waals surface area contributed by atoms with Crippen molar-refractivity contribution in [1.82, 2.24) is 4.90 Å². The molecule has 0 aromatic carbocycles. The van der Waals surface area contributed by atoms with Gasteiger partial charge in [-0.2, -0.15) is 11.8 Å². The molecule has 1 fully saturated rings. The van der Waals surface area contributed by atoms with E-state index < -0.39 is 0 Å². The summed E-state index contributed by atoms with van der Waals surface area (Å²) in [5.74, 6) is 4.21. The molecule has 0 bridgehead atoms. The molecule has 0 saturated carbocycles. The van der Waals surface area contributed by atoms with Crippen LogP contribution in [0.25, 0.3) is 0 Å². The maximum absolute atomic E-state index is 5.92. The van der Waals surface area contributed by atoms with E-state index >= 15 is 0 Å². The van der Waals surface area contributed by atoms with Crippen LogP contribution in [0.1, 0.15) is 33.6 Å². The second-order valence-corrected chi connectivity index (χ2v) is 6.51. The van der Waals surface area contributed by atoms with Crippen molar-refractivity contribution in [2.75, 3.05) is 31.1 Å². The van der Waals surface area contributed by atoms with Gasteiger partial charge in [0.1, 0.15) is 0 Å². The number of nitrogens with zero attached hydrogens (tertiary/aromatic N) is 1. The summed E-state index contributed by atoms with van der Waals surface area (Å²) >= 11 is 2.03. The standard InChI is InChI=1S/C13H28N2S/c1-4-16-8-6-13(9-14)15-7-5-11(2)12(3)10-15/h11-13H,4-10,14H2,1-3H3. The highest BCUT2D eigenvalue weighted by Gasteiger charge is 2.26. The molecule has 96 valence electrons. The zero-order chi connectivity index (χ0) is 12.0. The van der Waals surface area contributed by atoms with E-state index in [4.69, 9.17) is 5.73 Å². The minimum Gasteiger partial charge on any atom is -0.329 e. The van der Waals surface area contributed by atoms with Gasteiger partial charge in [-0.15, -0.1) is 0 Å². The second-order valence-electron chi connectivity index (χ2n) is 5.11. The van der Waals surface area contributed by atoms with Gasteiger partial charge in [0.25, 0.3) is 0 Å². The highest BCUT2D eigenvalue weighted by molar-refractivity contribution is 7.99. The van der Waals surface area contributed by atoms with Crippen LogP contribution in [0, 0.1) is 11.8 Å². The van der Waals surface area contributed by atoms with Crippen molar-refractivity contribution in [3.63, 3.8) is 0 Å². The number of rotatable bonds is 6.